The molecule has 27 heavy (non-hydrogen) atoms. The maximum atomic E-state index is 12.6. The molecule has 1 aliphatic heterocycles. The standard InChI is InChI=1S/C22H24N2O2S/c25-20-7-5-16(6-8-20)17-9-11-23-19(13-17)10-12-27(26)15-18-14-24-22-4-2-1-3-21(18)22/h1-9,14,19,23-25H,10-13,15H2. The van der Waals surface area contributed by atoms with E-state index in [-0.39, 0.29) is 5.75 Å². The number of aromatic amines is 1. The molecule has 4 rings (SSSR count). The maximum Gasteiger partial charge on any atom is 0.115 e. The first kappa shape index (κ1) is 18.0. The third kappa shape index (κ3) is 4.31. The van der Waals surface area contributed by atoms with Gasteiger partial charge in [-0.05, 0) is 47.7 Å². The van der Waals surface area contributed by atoms with Gasteiger partial charge in [0.15, 0.2) is 0 Å². The van der Waals surface area contributed by atoms with Gasteiger partial charge in [0, 0.05) is 46.2 Å². The van der Waals surface area contributed by atoms with Crippen LogP contribution in [0.5, 0.6) is 5.75 Å². The predicted molar refractivity (Wildman–Crippen MR) is 112 cm³/mol. The molecule has 2 unspecified atom stereocenters. The minimum atomic E-state index is -0.878. The van der Waals surface area contributed by atoms with E-state index in [0.717, 1.165) is 36.0 Å². The van der Waals surface area contributed by atoms with Gasteiger partial charge in [-0.3, -0.25) is 4.21 Å². The van der Waals surface area contributed by atoms with Gasteiger partial charge in [-0.25, -0.2) is 0 Å². The molecule has 1 aliphatic rings. The molecule has 5 heteroatoms. The first-order valence-corrected chi connectivity index (χ1v) is 10.8. The van der Waals surface area contributed by atoms with E-state index in [0.29, 0.717) is 17.5 Å². The second kappa shape index (κ2) is 8.11. The molecule has 0 aliphatic carbocycles. The van der Waals surface area contributed by atoms with Crippen molar-refractivity contribution in [2.45, 2.75) is 24.6 Å². The number of para-hydroxylation sites is 1. The Bertz CT molecular complexity index is 975. The van der Waals surface area contributed by atoms with E-state index in [1.165, 1.54) is 11.0 Å². The van der Waals surface area contributed by atoms with Gasteiger partial charge in [0.25, 0.3) is 0 Å². The van der Waals surface area contributed by atoms with Crippen molar-refractivity contribution < 1.29 is 9.32 Å². The smallest absolute Gasteiger partial charge is 0.115 e. The molecule has 3 N–H and O–H groups in total. The van der Waals surface area contributed by atoms with Crippen molar-refractivity contribution in [3.8, 4) is 5.75 Å². The summed E-state index contributed by atoms with van der Waals surface area (Å²) in [4.78, 5) is 3.25. The first-order chi connectivity index (χ1) is 13.2. The fourth-order valence-corrected chi connectivity index (χ4v) is 4.93. The van der Waals surface area contributed by atoms with Gasteiger partial charge < -0.3 is 15.4 Å². The van der Waals surface area contributed by atoms with Gasteiger partial charge in [0.2, 0.25) is 0 Å². The second-order valence-electron chi connectivity index (χ2n) is 7.02. The van der Waals surface area contributed by atoms with Crippen molar-refractivity contribution in [1.29, 1.82) is 0 Å². The summed E-state index contributed by atoms with van der Waals surface area (Å²) < 4.78 is 12.6. The lowest BCUT2D eigenvalue weighted by molar-refractivity contribution is 0.475. The molecule has 0 spiro atoms. The van der Waals surface area contributed by atoms with E-state index in [2.05, 4.69) is 22.4 Å². The number of aromatic nitrogens is 1. The summed E-state index contributed by atoms with van der Waals surface area (Å²) in [6, 6.07) is 15.9. The molecule has 0 radical (unpaired) electrons. The third-order valence-corrected chi connectivity index (χ3v) is 6.47. The molecule has 0 saturated heterocycles. The average molecular weight is 381 g/mol. The molecule has 3 aromatic rings. The second-order valence-corrected chi connectivity index (χ2v) is 8.60. The van der Waals surface area contributed by atoms with Crippen molar-refractivity contribution in [3.63, 3.8) is 0 Å². The van der Waals surface area contributed by atoms with Crippen molar-refractivity contribution in [3.05, 3.63) is 71.9 Å². The van der Waals surface area contributed by atoms with Crippen molar-refractivity contribution in [1.82, 2.24) is 10.3 Å². The number of hydrogen-bond donors (Lipinski definition) is 3. The van der Waals surface area contributed by atoms with Crippen LogP contribution < -0.4 is 5.32 Å². The summed E-state index contributed by atoms with van der Waals surface area (Å²) in [5, 5.41) is 14.1. The lowest BCUT2D eigenvalue weighted by atomic mass is 9.94. The zero-order valence-corrected chi connectivity index (χ0v) is 16.0. The fourth-order valence-electron chi connectivity index (χ4n) is 3.66. The monoisotopic (exact) mass is 380 g/mol. The normalized spacial score (nSPS) is 18.4. The minimum absolute atomic E-state index is 0.289. The molecule has 1 aromatic heterocycles. The molecular weight excluding hydrogens is 356 g/mol. The van der Waals surface area contributed by atoms with Crippen molar-refractivity contribution >= 4 is 27.3 Å². The number of phenols is 1. The SMILES string of the molecule is O=S(CCC1CC(c2ccc(O)cc2)=CCN1)Cc1c[nH]c2ccccc12. The highest BCUT2D eigenvalue weighted by molar-refractivity contribution is 7.84. The average Bonchev–Trinajstić information content (AvgIpc) is 3.10. The highest BCUT2D eigenvalue weighted by Gasteiger charge is 2.17. The first-order valence-electron chi connectivity index (χ1n) is 9.31. The van der Waals surface area contributed by atoms with Crippen LogP contribution in [0.2, 0.25) is 0 Å². The van der Waals surface area contributed by atoms with Gasteiger partial charge in [-0.1, -0.05) is 36.4 Å². The Labute approximate surface area is 161 Å². The largest absolute Gasteiger partial charge is 0.508 e. The Hall–Kier alpha value is -2.37. The highest BCUT2D eigenvalue weighted by atomic mass is 32.2. The number of aromatic hydroxyl groups is 1. The molecule has 2 atom stereocenters. The van der Waals surface area contributed by atoms with Gasteiger partial charge >= 0.3 is 0 Å². The molecule has 0 fully saturated rings. The van der Waals surface area contributed by atoms with E-state index in [1.54, 1.807) is 12.1 Å². The van der Waals surface area contributed by atoms with Crippen LogP contribution in [-0.4, -0.2) is 32.6 Å². The van der Waals surface area contributed by atoms with Gasteiger partial charge in [0.1, 0.15) is 5.75 Å². The summed E-state index contributed by atoms with van der Waals surface area (Å²) in [5.74, 6) is 1.58. The zero-order chi connectivity index (χ0) is 18.6. The van der Waals surface area contributed by atoms with Crippen LogP contribution >= 0.6 is 0 Å². The summed E-state index contributed by atoms with van der Waals surface area (Å²) in [7, 11) is -0.878. The van der Waals surface area contributed by atoms with Crippen LogP contribution in [0.1, 0.15) is 24.0 Å². The van der Waals surface area contributed by atoms with Gasteiger partial charge in [0.05, 0.1) is 5.75 Å². The predicted octanol–water partition coefficient (Wildman–Crippen LogP) is 3.96. The molecule has 0 saturated carbocycles. The molecule has 2 aromatic carbocycles. The van der Waals surface area contributed by atoms with E-state index < -0.39 is 10.8 Å². The number of benzene rings is 2. The van der Waals surface area contributed by atoms with E-state index >= 15 is 0 Å². The van der Waals surface area contributed by atoms with Crippen molar-refractivity contribution in [2.75, 3.05) is 12.3 Å². The van der Waals surface area contributed by atoms with E-state index in [4.69, 9.17) is 0 Å². The summed E-state index contributed by atoms with van der Waals surface area (Å²) in [6.45, 7) is 0.829. The summed E-state index contributed by atoms with van der Waals surface area (Å²) >= 11 is 0. The van der Waals surface area contributed by atoms with E-state index in [1.807, 2.05) is 36.5 Å². The molecule has 2 heterocycles. The Morgan fingerprint density at radius 3 is 2.78 bits per heavy atom. The van der Waals surface area contributed by atoms with Crippen LogP contribution in [-0.2, 0) is 16.6 Å². The number of fused-ring (bicyclic) bond motifs is 1. The minimum Gasteiger partial charge on any atom is -0.508 e. The molecule has 4 nitrogen and oxygen atoms in total. The van der Waals surface area contributed by atoms with Crippen LogP contribution in [0.3, 0.4) is 0 Å². The summed E-state index contributed by atoms with van der Waals surface area (Å²) in [6.07, 6.45) is 6.00. The molecule has 140 valence electrons. The number of hydrogen-bond acceptors (Lipinski definition) is 3. The van der Waals surface area contributed by atoms with Crippen LogP contribution in [0.25, 0.3) is 16.5 Å². The number of phenolic OH excluding ortho intramolecular Hbond substituents is 1. The number of H-pyrrole nitrogens is 1. The topological polar surface area (TPSA) is 65.1 Å². The van der Waals surface area contributed by atoms with Gasteiger partial charge in [-0.15, -0.1) is 0 Å². The van der Waals surface area contributed by atoms with Gasteiger partial charge in [-0.2, -0.15) is 0 Å². The zero-order valence-electron chi connectivity index (χ0n) is 15.2. The lowest BCUT2D eigenvalue weighted by Gasteiger charge is -2.24. The van der Waals surface area contributed by atoms with Crippen LogP contribution in [0.4, 0.5) is 0 Å². The maximum absolute atomic E-state index is 12.6. The third-order valence-electron chi connectivity index (χ3n) is 5.14. The Balaban J connectivity index is 1.33. The molecule has 0 amide bonds. The Kier molecular flexibility index (Phi) is 5.41. The highest BCUT2D eigenvalue weighted by Crippen LogP contribution is 2.25. The number of rotatable bonds is 6. The Morgan fingerprint density at radius 1 is 1.11 bits per heavy atom. The van der Waals surface area contributed by atoms with Crippen molar-refractivity contribution in [2.24, 2.45) is 0 Å². The molecular formula is C22H24N2O2S. The van der Waals surface area contributed by atoms with Crippen LogP contribution in [0.15, 0.2) is 60.8 Å². The lowest BCUT2D eigenvalue weighted by Crippen LogP contribution is -2.34. The fraction of sp³-hybridized carbons (Fsp3) is 0.273. The number of nitrogens with one attached hydrogen (secondary N) is 2. The Morgan fingerprint density at radius 2 is 1.93 bits per heavy atom. The van der Waals surface area contributed by atoms with Crippen LogP contribution in [0, 0.1) is 0 Å². The molecule has 0 bridgehead atoms. The summed E-state index contributed by atoms with van der Waals surface area (Å²) in [5.41, 5.74) is 4.67. The van der Waals surface area contributed by atoms with E-state index in [9.17, 15) is 9.32 Å². The quantitative estimate of drug-likeness (QED) is 0.606.